The maximum atomic E-state index is 10.2. The summed E-state index contributed by atoms with van der Waals surface area (Å²) in [6.45, 7) is 8.09. The van der Waals surface area contributed by atoms with Crippen molar-refractivity contribution in [3.63, 3.8) is 0 Å². The van der Waals surface area contributed by atoms with E-state index in [2.05, 4.69) is 16.4 Å². The van der Waals surface area contributed by atoms with E-state index in [9.17, 15) is 5.11 Å². The highest BCUT2D eigenvalue weighted by atomic mass is 16.3. The molecule has 0 unspecified atom stereocenters. The Bertz CT molecular complexity index is 459. The zero-order chi connectivity index (χ0) is 13.8. The standard InChI is InChI=1S/C14H21N3O/c1-5-14(18,6-2)9-16-13-12(8-15)10(3)7-11(4)17-13/h7,18H,5-6,9H2,1-4H3,(H,16,17). The third kappa shape index (κ3) is 3.21. The molecule has 1 aromatic heterocycles. The minimum absolute atomic E-state index is 0.407. The number of nitrogens with zero attached hydrogens (tertiary/aromatic N) is 2. The summed E-state index contributed by atoms with van der Waals surface area (Å²) in [5.74, 6) is 0.565. The molecular weight excluding hydrogens is 226 g/mol. The van der Waals surface area contributed by atoms with Crippen molar-refractivity contribution >= 4 is 5.82 Å². The molecule has 1 rings (SSSR count). The molecule has 4 nitrogen and oxygen atoms in total. The summed E-state index contributed by atoms with van der Waals surface area (Å²) in [7, 11) is 0. The van der Waals surface area contributed by atoms with Crippen LogP contribution in [0.2, 0.25) is 0 Å². The van der Waals surface area contributed by atoms with Gasteiger partial charge in [-0.25, -0.2) is 4.98 Å². The SMILES string of the molecule is CCC(O)(CC)CNc1nc(C)cc(C)c1C#N. The third-order valence-corrected chi connectivity index (χ3v) is 3.36. The fourth-order valence-electron chi connectivity index (χ4n) is 1.85. The van der Waals surface area contributed by atoms with Crippen molar-refractivity contribution in [2.75, 3.05) is 11.9 Å². The van der Waals surface area contributed by atoms with Gasteiger partial charge in [0.2, 0.25) is 0 Å². The average Bonchev–Trinajstić information content (AvgIpc) is 2.35. The van der Waals surface area contributed by atoms with Gasteiger partial charge in [0, 0.05) is 12.2 Å². The van der Waals surface area contributed by atoms with Gasteiger partial charge in [-0.2, -0.15) is 5.26 Å². The van der Waals surface area contributed by atoms with Crippen LogP contribution in [0.25, 0.3) is 0 Å². The molecule has 18 heavy (non-hydrogen) atoms. The molecule has 4 heteroatoms. The molecule has 0 spiro atoms. The lowest BCUT2D eigenvalue weighted by Gasteiger charge is -2.26. The van der Waals surface area contributed by atoms with Crippen LogP contribution in [0.1, 0.15) is 43.5 Å². The number of pyridine rings is 1. The van der Waals surface area contributed by atoms with Gasteiger partial charge in [0.1, 0.15) is 11.9 Å². The lowest BCUT2D eigenvalue weighted by atomic mass is 9.97. The Hall–Kier alpha value is -1.60. The van der Waals surface area contributed by atoms with Crippen molar-refractivity contribution < 1.29 is 5.11 Å². The van der Waals surface area contributed by atoms with Crippen molar-refractivity contribution in [3.05, 3.63) is 22.9 Å². The van der Waals surface area contributed by atoms with Crippen LogP contribution < -0.4 is 5.32 Å². The Morgan fingerprint density at radius 3 is 2.50 bits per heavy atom. The van der Waals surface area contributed by atoms with Gasteiger partial charge in [0.15, 0.2) is 0 Å². The zero-order valence-corrected chi connectivity index (χ0v) is 11.5. The Balaban J connectivity index is 2.95. The molecule has 1 aromatic rings. The quantitative estimate of drug-likeness (QED) is 0.839. The average molecular weight is 247 g/mol. The maximum absolute atomic E-state index is 10.2. The van der Waals surface area contributed by atoms with Crippen molar-refractivity contribution in [1.29, 1.82) is 5.26 Å². The molecule has 0 aliphatic heterocycles. The highest BCUT2D eigenvalue weighted by Gasteiger charge is 2.22. The van der Waals surface area contributed by atoms with E-state index in [4.69, 9.17) is 5.26 Å². The summed E-state index contributed by atoms with van der Waals surface area (Å²) in [5.41, 5.74) is 1.58. The summed E-state index contributed by atoms with van der Waals surface area (Å²) in [6, 6.07) is 4.04. The molecule has 2 N–H and O–H groups in total. The number of rotatable bonds is 5. The topological polar surface area (TPSA) is 68.9 Å². The summed E-state index contributed by atoms with van der Waals surface area (Å²) in [4.78, 5) is 4.33. The van der Waals surface area contributed by atoms with Crippen LogP contribution in [-0.4, -0.2) is 22.2 Å². The summed E-state index contributed by atoms with van der Waals surface area (Å²) in [5, 5.41) is 22.5. The second-order valence-electron chi connectivity index (χ2n) is 4.70. The van der Waals surface area contributed by atoms with Crippen LogP contribution in [0.15, 0.2) is 6.07 Å². The molecule has 0 amide bonds. The lowest BCUT2D eigenvalue weighted by Crippen LogP contribution is -2.35. The second-order valence-corrected chi connectivity index (χ2v) is 4.70. The predicted molar refractivity (Wildman–Crippen MR) is 72.4 cm³/mol. The van der Waals surface area contributed by atoms with E-state index in [0.717, 1.165) is 11.3 Å². The Morgan fingerprint density at radius 1 is 1.39 bits per heavy atom. The Kier molecular flexibility index (Phi) is 4.69. The number of anilines is 1. The molecule has 1 heterocycles. The highest BCUT2D eigenvalue weighted by Crippen LogP contribution is 2.20. The van der Waals surface area contributed by atoms with Crippen molar-refractivity contribution in [2.45, 2.75) is 46.1 Å². The summed E-state index contributed by atoms with van der Waals surface area (Å²) >= 11 is 0. The number of aryl methyl sites for hydroxylation is 2. The molecule has 0 saturated carbocycles. The molecular formula is C14H21N3O. The smallest absolute Gasteiger partial charge is 0.144 e. The van der Waals surface area contributed by atoms with E-state index >= 15 is 0 Å². The monoisotopic (exact) mass is 247 g/mol. The van der Waals surface area contributed by atoms with Crippen LogP contribution in [-0.2, 0) is 0 Å². The highest BCUT2D eigenvalue weighted by molar-refractivity contribution is 5.56. The molecule has 98 valence electrons. The number of hydrogen-bond donors (Lipinski definition) is 2. The molecule has 0 saturated heterocycles. The van der Waals surface area contributed by atoms with E-state index in [1.807, 2.05) is 33.8 Å². The van der Waals surface area contributed by atoms with Crippen molar-refractivity contribution in [1.82, 2.24) is 4.98 Å². The second kappa shape index (κ2) is 5.83. The maximum Gasteiger partial charge on any atom is 0.144 e. The first-order valence-electron chi connectivity index (χ1n) is 6.30. The zero-order valence-electron chi connectivity index (χ0n) is 11.5. The third-order valence-electron chi connectivity index (χ3n) is 3.36. The Labute approximate surface area is 109 Å². The first-order chi connectivity index (χ1) is 8.45. The normalized spacial score (nSPS) is 11.1. The fraction of sp³-hybridized carbons (Fsp3) is 0.571. The van der Waals surface area contributed by atoms with Crippen molar-refractivity contribution in [2.24, 2.45) is 0 Å². The van der Waals surface area contributed by atoms with Gasteiger partial charge in [-0.15, -0.1) is 0 Å². The molecule has 0 aromatic carbocycles. The fourth-order valence-corrected chi connectivity index (χ4v) is 1.85. The number of aliphatic hydroxyl groups is 1. The lowest BCUT2D eigenvalue weighted by molar-refractivity contribution is 0.0456. The van der Waals surface area contributed by atoms with E-state index in [1.165, 1.54) is 0 Å². The van der Waals surface area contributed by atoms with Gasteiger partial charge in [0.25, 0.3) is 0 Å². The van der Waals surface area contributed by atoms with Gasteiger partial charge >= 0.3 is 0 Å². The van der Waals surface area contributed by atoms with Crippen LogP contribution >= 0.6 is 0 Å². The molecule has 0 bridgehead atoms. The minimum Gasteiger partial charge on any atom is -0.388 e. The van der Waals surface area contributed by atoms with Crippen LogP contribution in [0.3, 0.4) is 0 Å². The van der Waals surface area contributed by atoms with E-state index in [0.29, 0.717) is 30.8 Å². The van der Waals surface area contributed by atoms with Gasteiger partial charge in [-0.1, -0.05) is 13.8 Å². The number of nitrogens with one attached hydrogen (secondary N) is 1. The predicted octanol–water partition coefficient (Wildman–Crippen LogP) is 2.53. The largest absolute Gasteiger partial charge is 0.388 e. The van der Waals surface area contributed by atoms with E-state index < -0.39 is 5.60 Å². The minimum atomic E-state index is -0.744. The van der Waals surface area contributed by atoms with Gasteiger partial charge in [-0.05, 0) is 38.3 Å². The van der Waals surface area contributed by atoms with Gasteiger partial charge in [0.05, 0.1) is 11.2 Å². The molecule has 0 atom stereocenters. The van der Waals surface area contributed by atoms with Crippen molar-refractivity contribution in [3.8, 4) is 6.07 Å². The Morgan fingerprint density at radius 2 is 2.00 bits per heavy atom. The molecule has 0 fully saturated rings. The van der Waals surface area contributed by atoms with E-state index in [-0.39, 0.29) is 0 Å². The molecule has 0 aliphatic rings. The van der Waals surface area contributed by atoms with Crippen LogP contribution in [0, 0.1) is 25.2 Å². The first kappa shape index (κ1) is 14.5. The van der Waals surface area contributed by atoms with Crippen LogP contribution in [0.5, 0.6) is 0 Å². The molecule has 0 radical (unpaired) electrons. The van der Waals surface area contributed by atoms with E-state index in [1.54, 1.807) is 0 Å². The van der Waals surface area contributed by atoms with Crippen LogP contribution in [0.4, 0.5) is 5.82 Å². The molecule has 0 aliphatic carbocycles. The number of nitriles is 1. The van der Waals surface area contributed by atoms with Gasteiger partial charge < -0.3 is 10.4 Å². The first-order valence-corrected chi connectivity index (χ1v) is 6.30. The number of hydrogen-bond acceptors (Lipinski definition) is 4. The summed E-state index contributed by atoms with van der Waals surface area (Å²) < 4.78 is 0. The van der Waals surface area contributed by atoms with Gasteiger partial charge in [-0.3, -0.25) is 0 Å². The number of aromatic nitrogens is 1. The summed E-state index contributed by atoms with van der Waals surface area (Å²) in [6.07, 6.45) is 1.34.